The van der Waals surface area contributed by atoms with Gasteiger partial charge in [-0.15, -0.1) is 0 Å². The molecule has 28 heavy (non-hydrogen) atoms. The van der Waals surface area contributed by atoms with E-state index >= 15 is 0 Å². The van der Waals surface area contributed by atoms with Crippen LogP contribution in [0.3, 0.4) is 0 Å². The second-order valence-corrected chi connectivity index (χ2v) is 9.19. The van der Waals surface area contributed by atoms with Crippen LogP contribution in [-0.2, 0) is 21.8 Å². The van der Waals surface area contributed by atoms with Crippen LogP contribution in [0.5, 0.6) is 0 Å². The van der Waals surface area contributed by atoms with Crippen molar-refractivity contribution in [3.8, 4) is 0 Å². The number of halogens is 1. The predicted molar refractivity (Wildman–Crippen MR) is 109 cm³/mol. The zero-order valence-corrected chi connectivity index (χ0v) is 18.0. The summed E-state index contributed by atoms with van der Waals surface area (Å²) < 4.78 is 34.1. The summed E-state index contributed by atoms with van der Waals surface area (Å²) in [7, 11) is -0.781. The van der Waals surface area contributed by atoms with E-state index in [9.17, 15) is 13.2 Å². The highest BCUT2D eigenvalue weighted by Crippen LogP contribution is 2.28. The number of anilines is 1. The molecule has 2 heterocycles. The lowest BCUT2D eigenvalue weighted by Gasteiger charge is -2.36. The molecule has 1 aromatic heterocycles. The van der Waals surface area contributed by atoms with Crippen molar-refractivity contribution in [1.29, 1.82) is 0 Å². The van der Waals surface area contributed by atoms with Crippen LogP contribution in [0.4, 0.5) is 5.69 Å². The first kappa shape index (κ1) is 20.7. The fraction of sp³-hybridized carbons (Fsp3) is 0.421. The van der Waals surface area contributed by atoms with Gasteiger partial charge < -0.3 is 14.2 Å². The van der Waals surface area contributed by atoms with Crippen molar-refractivity contribution in [3.63, 3.8) is 0 Å². The Labute approximate surface area is 170 Å². The Balaban J connectivity index is 1.82. The van der Waals surface area contributed by atoms with E-state index in [-0.39, 0.29) is 10.6 Å². The fourth-order valence-electron chi connectivity index (χ4n) is 3.46. The van der Waals surface area contributed by atoms with Gasteiger partial charge in [-0.05, 0) is 37.6 Å². The van der Waals surface area contributed by atoms with Crippen molar-refractivity contribution in [1.82, 2.24) is 8.87 Å². The average Bonchev–Trinajstić information content (AvgIpc) is 2.99. The molecule has 0 unspecified atom stereocenters. The summed E-state index contributed by atoms with van der Waals surface area (Å²) in [5.41, 5.74) is 2.84. The van der Waals surface area contributed by atoms with E-state index in [1.807, 2.05) is 25.1 Å². The van der Waals surface area contributed by atoms with E-state index in [0.717, 1.165) is 11.3 Å². The Bertz CT molecular complexity index is 1010. The molecule has 2 aromatic rings. The molecular weight excluding hydrogens is 402 g/mol. The van der Waals surface area contributed by atoms with Crippen LogP contribution in [0.2, 0.25) is 5.02 Å². The molecule has 0 saturated carbocycles. The number of ether oxygens (including phenoxy) is 1. The van der Waals surface area contributed by atoms with Crippen molar-refractivity contribution in [3.05, 3.63) is 46.2 Å². The van der Waals surface area contributed by atoms with Crippen molar-refractivity contribution in [2.75, 3.05) is 38.2 Å². The number of carbonyl (C=O) groups excluding carboxylic acids is 1. The van der Waals surface area contributed by atoms with Gasteiger partial charge in [0.25, 0.3) is 0 Å². The number of hydrogen-bond donors (Lipinski definition) is 0. The van der Waals surface area contributed by atoms with Gasteiger partial charge in [-0.1, -0.05) is 17.7 Å². The minimum absolute atomic E-state index is 0.141. The van der Waals surface area contributed by atoms with E-state index in [4.69, 9.17) is 16.3 Å². The normalized spacial score (nSPS) is 15.7. The first-order chi connectivity index (χ1) is 13.2. The molecular formula is C19H24ClN3O4S. The Morgan fingerprint density at radius 2 is 1.75 bits per heavy atom. The molecule has 0 atom stereocenters. The van der Waals surface area contributed by atoms with Gasteiger partial charge in [0.2, 0.25) is 10.0 Å². The highest BCUT2D eigenvalue weighted by Gasteiger charge is 2.32. The number of aromatic nitrogens is 1. The number of sulfonamides is 1. The number of carbonyl (C=O) groups is 1. The van der Waals surface area contributed by atoms with Crippen molar-refractivity contribution in [2.24, 2.45) is 7.05 Å². The minimum Gasteiger partial charge on any atom is -0.464 e. The summed E-state index contributed by atoms with van der Waals surface area (Å²) in [5, 5.41) is 0.658. The Morgan fingerprint density at radius 1 is 1.11 bits per heavy atom. The van der Waals surface area contributed by atoms with Crippen LogP contribution in [0.15, 0.2) is 29.2 Å². The number of nitrogens with zero attached hydrogens (tertiary/aromatic N) is 3. The molecule has 1 saturated heterocycles. The SMILES string of the molecule is COC(=O)c1cc(S(=O)(=O)N2CCN(c3cc(Cl)ccc3C)CC2)c(C)n1C. The van der Waals surface area contributed by atoms with Crippen molar-refractivity contribution in [2.45, 2.75) is 18.7 Å². The molecule has 0 radical (unpaired) electrons. The number of benzene rings is 1. The molecule has 1 fully saturated rings. The third kappa shape index (κ3) is 3.64. The Hall–Kier alpha value is -2.03. The third-order valence-corrected chi connectivity index (χ3v) is 7.50. The number of rotatable bonds is 4. The lowest BCUT2D eigenvalue weighted by molar-refractivity contribution is 0.0589. The van der Waals surface area contributed by atoms with E-state index in [1.54, 1.807) is 18.5 Å². The molecule has 0 N–H and O–H groups in total. The van der Waals surface area contributed by atoms with Gasteiger partial charge in [0.05, 0.1) is 7.11 Å². The van der Waals surface area contributed by atoms with Crippen LogP contribution in [0, 0.1) is 13.8 Å². The summed E-state index contributed by atoms with van der Waals surface area (Å²) in [5.74, 6) is -0.562. The molecule has 1 aromatic carbocycles. The Morgan fingerprint density at radius 3 is 2.36 bits per heavy atom. The highest BCUT2D eigenvalue weighted by atomic mass is 35.5. The first-order valence-corrected chi connectivity index (χ1v) is 10.7. The van der Waals surface area contributed by atoms with Crippen LogP contribution in [0.1, 0.15) is 21.7 Å². The fourth-order valence-corrected chi connectivity index (χ4v) is 5.32. The summed E-state index contributed by atoms with van der Waals surface area (Å²) in [6.45, 7) is 5.54. The van der Waals surface area contributed by atoms with Crippen LogP contribution in [0.25, 0.3) is 0 Å². The molecule has 152 valence electrons. The minimum atomic E-state index is -3.71. The highest BCUT2D eigenvalue weighted by molar-refractivity contribution is 7.89. The maximum atomic E-state index is 13.2. The van der Waals surface area contributed by atoms with Gasteiger partial charge in [0.15, 0.2) is 0 Å². The number of esters is 1. The molecule has 3 rings (SSSR count). The van der Waals surface area contributed by atoms with Crippen molar-refractivity contribution >= 4 is 33.3 Å². The standard InChI is InChI=1S/C19H24ClN3O4S/c1-13-5-6-15(20)11-16(13)22-7-9-23(10-8-22)28(25,26)18-12-17(19(24)27-4)21(3)14(18)2/h5-6,11-12H,7-10H2,1-4H3. The molecule has 0 aliphatic carbocycles. The smallest absolute Gasteiger partial charge is 0.354 e. The van der Waals surface area contributed by atoms with Gasteiger partial charge >= 0.3 is 5.97 Å². The maximum Gasteiger partial charge on any atom is 0.354 e. The predicted octanol–water partition coefficient (Wildman–Crippen LogP) is 2.59. The summed E-state index contributed by atoms with van der Waals surface area (Å²) >= 11 is 6.12. The number of piperazine rings is 1. The maximum absolute atomic E-state index is 13.2. The van der Waals surface area contributed by atoms with Crippen LogP contribution >= 0.6 is 11.6 Å². The van der Waals surface area contributed by atoms with Crippen LogP contribution in [-0.4, -0.2) is 56.5 Å². The average molecular weight is 426 g/mol. The van der Waals surface area contributed by atoms with Crippen molar-refractivity contribution < 1.29 is 17.9 Å². The summed E-state index contributed by atoms with van der Waals surface area (Å²) in [4.78, 5) is 14.2. The molecule has 9 heteroatoms. The van der Waals surface area contributed by atoms with Crippen LogP contribution < -0.4 is 4.90 Å². The van der Waals surface area contributed by atoms with Gasteiger partial charge in [0, 0.05) is 49.6 Å². The Kier molecular flexibility index (Phi) is 5.74. The molecule has 1 aliphatic heterocycles. The molecule has 1 aliphatic rings. The second-order valence-electron chi connectivity index (χ2n) is 6.85. The summed E-state index contributed by atoms with van der Waals surface area (Å²) in [6.07, 6.45) is 0. The number of methoxy groups -OCH3 is 1. The molecule has 0 spiro atoms. The number of hydrogen-bond acceptors (Lipinski definition) is 5. The quantitative estimate of drug-likeness (QED) is 0.704. The van der Waals surface area contributed by atoms with E-state index in [0.29, 0.717) is 36.9 Å². The lowest BCUT2D eigenvalue weighted by atomic mass is 10.1. The topological polar surface area (TPSA) is 71.8 Å². The van der Waals surface area contributed by atoms with E-state index in [1.165, 1.54) is 17.5 Å². The van der Waals surface area contributed by atoms with Gasteiger partial charge in [-0.2, -0.15) is 4.31 Å². The molecule has 7 nitrogen and oxygen atoms in total. The monoisotopic (exact) mass is 425 g/mol. The second kappa shape index (κ2) is 7.77. The van der Waals surface area contributed by atoms with E-state index in [2.05, 4.69) is 4.90 Å². The van der Waals surface area contributed by atoms with Gasteiger partial charge in [-0.3, -0.25) is 0 Å². The van der Waals surface area contributed by atoms with Gasteiger partial charge in [0.1, 0.15) is 10.6 Å². The largest absolute Gasteiger partial charge is 0.464 e. The summed E-state index contributed by atoms with van der Waals surface area (Å²) in [6, 6.07) is 7.11. The zero-order valence-electron chi connectivity index (χ0n) is 16.4. The molecule has 0 bridgehead atoms. The third-order valence-electron chi connectivity index (χ3n) is 5.25. The first-order valence-electron chi connectivity index (χ1n) is 8.92. The lowest BCUT2D eigenvalue weighted by Crippen LogP contribution is -2.48. The number of aryl methyl sites for hydroxylation is 1. The zero-order chi connectivity index (χ0) is 20.6. The van der Waals surface area contributed by atoms with E-state index < -0.39 is 16.0 Å². The van der Waals surface area contributed by atoms with Gasteiger partial charge in [-0.25, -0.2) is 13.2 Å². The molecule has 0 amide bonds.